The van der Waals surface area contributed by atoms with Crippen molar-refractivity contribution >= 4 is 22.6 Å². The second kappa shape index (κ2) is 8.30. The first-order chi connectivity index (χ1) is 13.7. The lowest BCUT2D eigenvalue weighted by molar-refractivity contribution is -0.131. The summed E-state index contributed by atoms with van der Waals surface area (Å²) in [6.07, 6.45) is 2.23. The van der Waals surface area contributed by atoms with Crippen LogP contribution in [-0.4, -0.2) is 42.0 Å². The number of benzene rings is 2. The van der Waals surface area contributed by atoms with Crippen molar-refractivity contribution in [1.29, 1.82) is 0 Å². The molecule has 3 aromatic rings. The minimum absolute atomic E-state index is 0.159. The number of piperidine rings is 1. The number of para-hydroxylation sites is 2. The van der Waals surface area contributed by atoms with Gasteiger partial charge in [-0.1, -0.05) is 36.4 Å². The quantitative estimate of drug-likeness (QED) is 0.735. The van der Waals surface area contributed by atoms with E-state index in [9.17, 15) is 4.79 Å². The topological polar surface area (TPSA) is 54.5 Å². The Kier molecular flexibility index (Phi) is 5.42. The Hall–Kier alpha value is -3.08. The van der Waals surface area contributed by atoms with Gasteiger partial charge in [-0.15, -0.1) is 0 Å². The van der Waals surface area contributed by atoms with E-state index in [4.69, 9.17) is 9.72 Å². The molecule has 5 nitrogen and oxygen atoms in total. The molecule has 4 rings (SSSR count). The molecule has 2 aromatic carbocycles. The van der Waals surface area contributed by atoms with Crippen LogP contribution in [0.15, 0.2) is 60.7 Å². The Morgan fingerprint density at radius 1 is 1.07 bits per heavy atom. The minimum atomic E-state index is 0.159. The van der Waals surface area contributed by atoms with Crippen LogP contribution in [0, 0.1) is 0 Å². The highest BCUT2D eigenvalue weighted by atomic mass is 16.5. The van der Waals surface area contributed by atoms with E-state index >= 15 is 0 Å². The van der Waals surface area contributed by atoms with E-state index in [1.54, 1.807) is 7.11 Å². The summed E-state index contributed by atoms with van der Waals surface area (Å²) in [5, 5.41) is 4.67. The number of amides is 1. The Bertz CT molecular complexity index is 965. The first kappa shape index (κ1) is 18.3. The van der Waals surface area contributed by atoms with Gasteiger partial charge >= 0.3 is 0 Å². The van der Waals surface area contributed by atoms with Gasteiger partial charge in [-0.2, -0.15) is 0 Å². The number of anilines is 1. The molecule has 1 saturated heterocycles. The lowest BCUT2D eigenvalue weighted by Gasteiger charge is -2.33. The van der Waals surface area contributed by atoms with Crippen LogP contribution in [0.3, 0.4) is 0 Å². The smallest absolute Gasteiger partial charge is 0.227 e. The van der Waals surface area contributed by atoms with E-state index in [-0.39, 0.29) is 5.91 Å². The minimum Gasteiger partial charge on any atom is -0.496 e. The third-order valence-electron chi connectivity index (χ3n) is 5.33. The first-order valence-corrected chi connectivity index (χ1v) is 9.75. The molecule has 0 aliphatic carbocycles. The molecule has 0 spiro atoms. The molecule has 1 N–H and O–H groups in total. The van der Waals surface area contributed by atoms with Gasteiger partial charge in [-0.3, -0.25) is 4.79 Å². The lowest BCUT2D eigenvalue weighted by atomic mass is 10.0. The van der Waals surface area contributed by atoms with Gasteiger partial charge in [0.2, 0.25) is 5.91 Å². The van der Waals surface area contributed by atoms with Crippen molar-refractivity contribution in [1.82, 2.24) is 9.88 Å². The first-order valence-electron chi connectivity index (χ1n) is 9.75. The molecule has 0 atom stereocenters. The number of rotatable bonds is 5. The van der Waals surface area contributed by atoms with Crippen LogP contribution in [0.4, 0.5) is 5.82 Å². The molecule has 0 bridgehead atoms. The van der Waals surface area contributed by atoms with Crippen molar-refractivity contribution in [3.63, 3.8) is 0 Å². The lowest BCUT2D eigenvalue weighted by Crippen LogP contribution is -2.43. The highest BCUT2D eigenvalue weighted by molar-refractivity contribution is 5.80. The Morgan fingerprint density at radius 2 is 1.82 bits per heavy atom. The molecule has 5 heteroatoms. The standard InChI is InChI=1S/C23H25N3O2/c1-28-21-9-5-3-7-18(21)16-23(27)26-14-12-19(13-15-26)24-22-11-10-17-6-2-4-8-20(17)25-22/h2-11,19H,12-16H2,1H3,(H,24,25). The molecular formula is C23H25N3O2. The summed E-state index contributed by atoms with van der Waals surface area (Å²) in [5.74, 6) is 1.83. The zero-order valence-corrected chi connectivity index (χ0v) is 16.1. The number of nitrogens with zero attached hydrogens (tertiary/aromatic N) is 2. The normalized spacial score (nSPS) is 14.8. The number of likely N-dealkylation sites (tertiary alicyclic amines) is 1. The molecule has 0 radical (unpaired) electrons. The molecule has 1 aliphatic heterocycles. The third kappa shape index (κ3) is 4.09. The Balaban J connectivity index is 1.33. The van der Waals surface area contributed by atoms with Crippen molar-refractivity contribution in [2.45, 2.75) is 25.3 Å². The van der Waals surface area contributed by atoms with E-state index in [1.807, 2.05) is 53.4 Å². The summed E-state index contributed by atoms with van der Waals surface area (Å²) in [6, 6.07) is 20.3. The van der Waals surface area contributed by atoms with E-state index in [0.29, 0.717) is 12.5 Å². The van der Waals surface area contributed by atoms with Gasteiger partial charge in [0.05, 0.1) is 19.0 Å². The summed E-state index contributed by atoms with van der Waals surface area (Å²) in [7, 11) is 1.64. The third-order valence-corrected chi connectivity index (χ3v) is 5.33. The van der Waals surface area contributed by atoms with Crippen molar-refractivity contribution in [2.24, 2.45) is 0 Å². The monoisotopic (exact) mass is 375 g/mol. The molecule has 28 heavy (non-hydrogen) atoms. The zero-order valence-electron chi connectivity index (χ0n) is 16.1. The van der Waals surface area contributed by atoms with E-state index in [0.717, 1.165) is 54.0 Å². The largest absolute Gasteiger partial charge is 0.496 e. The van der Waals surface area contributed by atoms with Gasteiger partial charge in [-0.05, 0) is 37.1 Å². The number of hydrogen-bond donors (Lipinski definition) is 1. The Labute approximate surface area is 165 Å². The highest BCUT2D eigenvalue weighted by Gasteiger charge is 2.23. The average Bonchev–Trinajstić information content (AvgIpc) is 2.74. The predicted molar refractivity (Wildman–Crippen MR) is 112 cm³/mol. The fourth-order valence-corrected chi connectivity index (χ4v) is 3.75. The van der Waals surface area contributed by atoms with Gasteiger partial charge in [0.15, 0.2) is 0 Å². The van der Waals surface area contributed by atoms with E-state index < -0.39 is 0 Å². The maximum atomic E-state index is 12.7. The summed E-state index contributed by atoms with van der Waals surface area (Å²) in [6.45, 7) is 1.53. The summed E-state index contributed by atoms with van der Waals surface area (Å²) in [4.78, 5) is 19.3. The number of methoxy groups -OCH3 is 1. The molecule has 1 amide bonds. The molecule has 1 aromatic heterocycles. The summed E-state index contributed by atoms with van der Waals surface area (Å²) >= 11 is 0. The van der Waals surface area contributed by atoms with Crippen LogP contribution in [-0.2, 0) is 11.2 Å². The molecule has 1 aliphatic rings. The second-order valence-electron chi connectivity index (χ2n) is 7.18. The Morgan fingerprint density at radius 3 is 2.64 bits per heavy atom. The van der Waals surface area contributed by atoms with E-state index in [2.05, 4.69) is 17.4 Å². The van der Waals surface area contributed by atoms with Crippen molar-refractivity contribution in [3.8, 4) is 5.75 Å². The number of ether oxygens (including phenoxy) is 1. The predicted octanol–water partition coefficient (Wildman–Crippen LogP) is 3.89. The second-order valence-corrected chi connectivity index (χ2v) is 7.18. The summed E-state index contributed by atoms with van der Waals surface area (Å²) < 4.78 is 5.36. The van der Waals surface area contributed by atoms with Crippen molar-refractivity contribution < 1.29 is 9.53 Å². The fourth-order valence-electron chi connectivity index (χ4n) is 3.75. The van der Waals surface area contributed by atoms with Crippen molar-refractivity contribution in [3.05, 3.63) is 66.2 Å². The van der Waals surface area contributed by atoms with Gasteiger partial charge < -0.3 is 15.0 Å². The number of aromatic nitrogens is 1. The van der Waals surface area contributed by atoms with Gasteiger partial charge in [-0.25, -0.2) is 4.98 Å². The van der Waals surface area contributed by atoms with Crippen LogP contribution >= 0.6 is 0 Å². The molecule has 1 fully saturated rings. The summed E-state index contributed by atoms with van der Waals surface area (Å²) in [5.41, 5.74) is 1.94. The average molecular weight is 375 g/mol. The number of nitrogens with one attached hydrogen (secondary N) is 1. The number of pyridine rings is 1. The van der Waals surface area contributed by atoms with Crippen molar-refractivity contribution in [2.75, 3.05) is 25.5 Å². The van der Waals surface area contributed by atoms with Crippen LogP contribution in [0.1, 0.15) is 18.4 Å². The van der Waals surface area contributed by atoms with E-state index in [1.165, 1.54) is 0 Å². The number of carbonyl (C=O) groups is 1. The number of fused-ring (bicyclic) bond motifs is 1. The molecule has 0 unspecified atom stereocenters. The number of carbonyl (C=O) groups excluding carboxylic acids is 1. The van der Waals surface area contributed by atoms with Gasteiger partial charge in [0.25, 0.3) is 0 Å². The fraction of sp³-hybridized carbons (Fsp3) is 0.304. The van der Waals surface area contributed by atoms with Crippen LogP contribution < -0.4 is 10.1 Å². The molecule has 2 heterocycles. The molecule has 0 saturated carbocycles. The van der Waals surface area contributed by atoms with Crippen LogP contribution in [0.2, 0.25) is 0 Å². The molecule has 144 valence electrons. The van der Waals surface area contributed by atoms with Crippen LogP contribution in [0.25, 0.3) is 10.9 Å². The number of hydrogen-bond acceptors (Lipinski definition) is 4. The SMILES string of the molecule is COc1ccccc1CC(=O)N1CCC(Nc2ccc3ccccc3n2)CC1. The van der Waals surface area contributed by atoms with Gasteiger partial charge in [0, 0.05) is 30.1 Å². The zero-order chi connectivity index (χ0) is 19.3. The highest BCUT2D eigenvalue weighted by Crippen LogP contribution is 2.21. The molecular weight excluding hydrogens is 350 g/mol. The maximum Gasteiger partial charge on any atom is 0.227 e. The van der Waals surface area contributed by atoms with Crippen LogP contribution in [0.5, 0.6) is 5.75 Å². The van der Waals surface area contributed by atoms with Gasteiger partial charge in [0.1, 0.15) is 11.6 Å². The maximum absolute atomic E-state index is 12.7.